The fraction of sp³-hybridized carbons (Fsp3) is 0.259. The van der Waals surface area contributed by atoms with Gasteiger partial charge in [-0.3, -0.25) is 4.90 Å². The summed E-state index contributed by atoms with van der Waals surface area (Å²) < 4.78 is 0.771. The van der Waals surface area contributed by atoms with Gasteiger partial charge < -0.3 is 10.0 Å². The van der Waals surface area contributed by atoms with Crippen LogP contribution in [0.5, 0.6) is 5.75 Å². The highest BCUT2D eigenvalue weighted by molar-refractivity contribution is 9.10. The largest absolute Gasteiger partial charge is 0.507 e. The molecule has 3 aromatic rings. The molecule has 0 bridgehead atoms. The zero-order chi connectivity index (χ0) is 21.8. The maximum atomic E-state index is 10.3. The van der Waals surface area contributed by atoms with Gasteiger partial charge in [-0.15, -0.1) is 0 Å². The van der Waals surface area contributed by atoms with Gasteiger partial charge in [0.25, 0.3) is 0 Å². The molecule has 0 amide bonds. The predicted molar refractivity (Wildman–Crippen MR) is 134 cm³/mol. The molecule has 4 rings (SSSR count). The first kappa shape index (κ1) is 21.7. The van der Waals surface area contributed by atoms with Crippen LogP contribution in [0.3, 0.4) is 0 Å². The second kappa shape index (κ2) is 9.71. The summed E-state index contributed by atoms with van der Waals surface area (Å²) in [4.78, 5) is 4.62. The molecular formula is C27H29BrN2O. The molecule has 0 radical (unpaired) electrons. The van der Waals surface area contributed by atoms with Crippen LogP contribution in [0.2, 0.25) is 0 Å². The van der Waals surface area contributed by atoms with Crippen molar-refractivity contribution in [2.75, 3.05) is 38.6 Å². The van der Waals surface area contributed by atoms with E-state index in [1.165, 1.54) is 27.9 Å². The Morgan fingerprint density at radius 2 is 1.81 bits per heavy atom. The number of halogens is 1. The van der Waals surface area contributed by atoms with E-state index in [0.29, 0.717) is 5.75 Å². The highest BCUT2D eigenvalue weighted by Gasteiger charge is 2.25. The van der Waals surface area contributed by atoms with Crippen molar-refractivity contribution in [3.05, 3.63) is 99.5 Å². The number of phenols is 1. The van der Waals surface area contributed by atoms with Crippen LogP contribution in [0.15, 0.2) is 77.3 Å². The van der Waals surface area contributed by atoms with Gasteiger partial charge in [-0.25, -0.2) is 0 Å². The first-order valence-corrected chi connectivity index (χ1v) is 11.5. The summed E-state index contributed by atoms with van der Waals surface area (Å²) in [6.45, 7) is 2.83. The van der Waals surface area contributed by atoms with Gasteiger partial charge in [-0.1, -0.05) is 54.6 Å². The lowest BCUT2D eigenvalue weighted by molar-refractivity contribution is 0.306. The Labute approximate surface area is 193 Å². The van der Waals surface area contributed by atoms with Crippen molar-refractivity contribution in [3.8, 4) is 5.75 Å². The molecule has 0 saturated heterocycles. The van der Waals surface area contributed by atoms with Gasteiger partial charge in [0.05, 0.1) is 4.47 Å². The molecule has 0 aromatic heterocycles. The molecule has 0 fully saturated rings. The van der Waals surface area contributed by atoms with Crippen LogP contribution in [0.1, 0.15) is 28.2 Å². The van der Waals surface area contributed by atoms with E-state index >= 15 is 0 Å². The molecule has 0 aliphatic carbocycles. The fourth-order valence-electron chi connectivity index (χ4n) is 4.24. The summed E-state index contributed by atoms with van der Waals surface area (Å²) >= 11 is 3.50. The highest BCUT2D eigenvalue weighted by atomic mass is 79.9. The average Bonchev–Trinajstić information content (AvgIpc) is 2.95. The molecule has 1 N–H and O–H groups in total. The molecule has 160 valence electrons. The van der Waals surface area contributed by atoms with Crippen molar-refractivity contribution >= 4 is 27.7 Å². The molecule has 1 aliphatic heterocycles. The number of aromatic hydroxyl groups is 1. The molecule has 1 aliphatic rings. The number of anilines is 1. The fourth-order valence-corrected chi connectivity index (χ4v) is 4.63. The predicted octanol–water partition coefficient (Wildman–Crippen LogP) is 5.92. The zero-order valence-electron chi connectivity index (χ0n) is 18.1. The van der Waals surface area contributed by atoms with Crippen LogP contribution in [0.25, 0.3) is 6.08 Å². The summed E-state index contributed by atoms with van der Waals surface area (Å²) in [6, 6.07) is 23.3. The van der Waals surface area contributed by atoms with Crippen LogP contribution in [0.4, 0.5) is 5.69 Å². The van der Waals surface area contributed by atoms with E-state index in [0.717, 1.165) is 30.5 Å². The Kier molecular flexibility index (Phi) is 6.79. The Bertz CT molecular complexity index is 1040. The second-order valence-electron chi connectivity index (χ2n) is 8.36. The van der Waals surface area contributed by atoms with Crippen LogP contribution < -0.4 is 4.90 Å². The molecule has 0 saturated carbocycles. The second-order valence-corrected chi connectivity index (χ2v) is 9.22. The van der Waals surface area contributed by atoms with Gasteiger partial charge in [-0.05, 0) is 68.9 Å². The standard InChI is InChI=1S/C27H29BrN2O/c1-29(2)23-12-10-20(11-13-23)7-6-15-30-16-14-22-17-26(28)27(31)18-24(22)25(19-30)21-8-4-3-5-9-21/h3-13,17-18,25,31H,14-16,19H2,1-2H3/b7-6+. The molecule has 1 atom stereocenters. The number of phenolic OH excluding ortho intramolecular Hbond substituents is 1. The minimum atomic E-state index is 0.241. The average molecular weight is 477 g/mol. The SMILES string of the molecule is CN(C)c1ccc(/C=C/CN2CCc3cc(Br)c(O)cc3C(c3ccccc3)C2)cc1. The Hall–Kier alpha value is -2.56. The van der Waals surface area contributed by atoms with Gasteiger partial charge in [0, 0.05) is 45.3 Å². The van der Waals surface area contributed by atoms with E-state index in [1.54, 1.807) is 0 Å². The maximum Gasteiger partial charge on any atom is 0.130 e. The summed E-state index contributed by atoms with van der Waals surface area (Å²) in [6.07, 6.45) is 5.44. The van der Waals surface area contributed by atoms with E-state index in [2.05, 4.69) is 113 Å². The van der Waals surface area contributed by atoms with Crippen LogP contribution in [-0.2, 0) is 6.42 Å². The summed E-state index contributed by atoms with van der Waals surface area (Å²) in [5.74, 6) is 0.555. The van der Waals surface area contributed by atoms with Crippen LogP contribution >= 0.6 is 15.9 Å². The summed E-state index contributed by atoms with van der Waals surface area (Å²) in [7, 11) is 4.12. The van der Waals surface area contributed by atoms with E-state index in [4.69, 9.17) is 0 Å². The number of hydrogen-bond acceptors (Lipinski definition) is 3. The third-order valence-electron chi connectivity index (χ3n) is 6.01. The lowest BCUT2D eigenvalue weighted by Gasteiger charge is -2.24. The Balaban J connectivity index is 1.54. The minimum absolute atomic E-state index is 0.241. The lowest BCUT2D eigenvalue weighted by atomic mass is 9.88. The Morgan fingerprint density at radius 3 is 2.52 bits per heavy atom. The van der Waals surface area contributed by atoms with Crippen molar-refractivity contribution in [3.63, 3.8) is 0 Å². The molecule has 31 heavy (non-hydrogen) atoms. The topological polar surface area (TPSA) is 26.7 Å². The normalized spacial score (nSPS) is 16.8. The number of benzene rings is 3. The smallest absolute Gasteiger partial charge is 0.130 e. The molecule has 4 heteroatoms. The Morgan fingerprint density at radius 1 is 1.06 bits per heavy atom. The molecular weight excluding hydrogens is 448 g/mol. The van der Waals surface area contributed by atoms with E-state index in [-0.39, 0.29) is 5.92 Å². The first-order valence-electron chi connectivity index (χ1n) is 10.7. The van der Waals surface area contributed by atoms with Gasteiger partial charge in [0.15, 0.2) is 0 Å². The maximum absolute atomic E-state index is 10.3. The van der Waals surface area contributed by atoms with Crippen LogP contribution in [-0.4, -0.2) is 43.7 Å². The molecule has 1 unspecified atom stereocenters. The third kappa shape index (κ3) is 5.20. The van der Waals surface area contributed by atoms with E-state index < -0.39 is 0 Å². The number of fused-ring (bicyclic) bond motifs is 1. The van der Waals surface area contributed by atoms with E-state index in [9.17, 15) is 5.11 Å². The zero-order valence-corrected chi connectivity index (χ0v) is 19.7. The summed E-state index contributed by atoms with van der Waals surface area (Å²) in [5.41, 5.74) is 6.27. The molecule has 3 nitrogen and oxygen atoms in total. The number of hydrogen-bond donors (Lipinski definition) is 1. The molecule has 0 spiro atoms. The minimum Gasteiger partial charge on any atom is -0.507 e. The van der Waals surface area contributed by atoms with Gasteiger partial charge in [-0.2, -0.15) is 0 Å². The summed E-state index contributed by atoms with van der Waals surface area (Å²) in [5, 5.41) is 10.3. The van der Waals surface area contributed by atoms with Gasteiger partial charge in [0.1, 0.15) is 5.75 Å². The van der Waals surface area contributed by atoms with Crippen molar-refractivity contribution in [1.82, 2.24) is 4.90 Å². The molecule has 3 aromatic carbocycles. The first-order chi connectivity index (χ1) is 15.0. The van der Waals surface area contributed by atoms with Crippen molar-refractivity contribution in [1.29, 1.82) is 0 Å². The highest BCUT2D eigenvalue weighted by Crippen LogP contribution is 2.37. The quantitative estimate of drug-likeness (QED) is 0.494. The van der Waals surface area contributed by atoms with E-state index in [1.807, 2.05) is 6.07 Å². The number of nitrogens with zero attached hydrogens (tertiary/aromatic N) is 2. The third-order valence-corrected chi connectivity index (χ3v) is 6.64. The van der Waals surface area contributed by atoms with Crippen molar-refractivity contribution in [2.45, 2.75) is 12.3 Å². The van der Waals surface area contributed by atoms with Gasteiger partial charge >= 0.3 is 0 Å². The van der Waals surface area contributed by atoms with Crippen LogP contribution in [0, 0.1) is 0 Å². The van der Waals surface area contributed by atoms with Crippen molar-refractivity contribution in [2.24, 2.45) is 0 Å². The lowest BCUT2D eigenvalue weighted by Crippen LogP contribution is -2.29. The van der Waals surface area contributed by atoms with Crippen molar-refractivity contribution < 1.29 is 5.11 Å². The monoisotopic (exact) mass is 476 g/mol. The number of rotatable bonds is 5. The van der Waals surface area contributed by atoms with Gasteiger partial charge in [0.2, 0.25) is 0 Å². The molecule has 1 heterocycles.